The molecule has 0 saturated carbocycles. The van der Waals surface area contributed by atoms with Crippen LogP contribution in [0, 0.1) is 0 Å². The van der Waals surface area contributed by atoms with E-state index in [0.717, 1.165) is 9.80 Å². The number of rotatable bonds is 2. The van der Waals surface area contributed by atoms with Crippen molar-refractivity contribution >= 4 is 71.0 Å². The molecule has 0 aromatic heterocycles. The lowest BCUT2D eigenvalue weighted by molar-refractivity contribution is 0.0873. The minimum atomic E-state index is -0.514. The number of thiol groups is 2. The van der Waals surface area contributed by atoms with Gasteiger partial charge in [-0.15, -0.1) is 25.3 Å². The summed E-state index contributed by atoms with van der Waals surface area (Å²) in [6.45, 7) is 0. The van der Waals surface area contributed by atoms with E-state index >= 15 is 0 Å². The predicted molar refractivity (Wildman–Crippen MR) is 134 cm³/mol. The summed E-state index contributed by atoms with van der Waals surface area (Å²) in [4.78, 5) is 57.2. The van der Waals surface area contributed by atoms with Gasteiger partial charge in [-0.1, -0.05) is 0 Å². The van der Waals surface area contributed by atoms with Gasteiger partial charge >= 0.3 is 0 Å². The van der Waals surface area contributed by atoms with Gasteiger partial charge in [0.25, 0.3) is 23.6 Å². The molecule has 4 aromatic rings. The third-order valence-electron chi connectivity index (χ3n) is 6.11. The molecule has 0 fully saturated rings. The first-order valence-electron chi connectivity index (χ1n) is 10.3. The van der Waals surface area contributed by atoms with Crippen LogP contribution >= 0.6 is 25.3 Å². The molecule has 2 aliphatic rings. The second-order valence-electron chi connectivity index (χ2n) is 8.00. The number of benzene rings is 4. The molecule has 8 heteroatoms. The third kappa shape index (κ3) is 2.79. The number of nitrogens with zero attached hydrogens (tertiary/aromatic N) is 2. The molecule has 2 heterocycles. The largest absolute Gasteiger partial charge is 0.268 e. The van der Waals surface area contributed by atoms with Gasteiger partial charge in [0, 0.05) is 42.8 Å². The highest BCUT2D eigenvalue weighted by Gasteiger charge is 2.40. The molecule has 0 radical (unpaired) electrons. The lowest BCUT2D eigenvalue weighted by atomic mass is 9.85. The molecule has 4 aromatic carbocycles. The van der Waals surface area contributed by atoms with E-state index in [4.69, 9.17) is 0 Å². The Bertz CT molecular complexity index is 1400. The van der Waals surface area contributed by atoms with Gasteiger partial charge in [0.05, 0.1) is 11.4 Å². The molecular weight excluding hydrogens is 468 g/mol. The van der Waals surface area contributed by atoms with Gasteiger partial charge in [-0.05, 0) is 72.8 Å². The van der Waals surface area contributed by atoms with Gasteiger partial charge in [-0.3, -0.25) is 19.2 Å². The summed E-state index contributed by atoms with van der Waals surface area (Å²) in [5, 5.41) is 0.665. The van der Waals surface area contributed by atoms with Crippen molar-refractivity contribution in [2.75, 3.05) is 9.80 Å². The van der Waals surface area contributed by atoms with Crippen molar-refractivity contribution in [2.45, 2.75) is 9.79 Å². The highest BCUT2D eigenvalue weighted by atomic mass is 32.1. The topological polar surface area (TPSA) is 74.8 Å². The predicted octanol–water partition coefficient (Wildman–Crippen LogP) is 5.02. The van der Waals surface area contributed by atoms with Crippen LogP contribution in [0.15, 0.2) is 82.6 Å². The van der Waals surface area contributed by atoms with E-state index < -0.39 is 23.6 Å². The van der Waals surface area contributed by atoms with E-state index in [0.29, 0.717) is 31.9 Å². The minimum absolute atomic E-state index is 0.263. The summed E-state index contributed by atoms with van der Waals surface area (Å²) in [5.74, 6) is -2.06. The van der Waals surface area contributed by atoms with Gasteiger partial charge in [-0.2, -0.15) is 0 Å². The van der Waals surface area contributed by atoms with Crippen LogP contribution < -0.4 is 9.80 Å². The molecule has 6 rings (SSSR count). The normalized spacial score (nSPS) is 14.9. The van der Waals surface area contributed by atoms with Crippen molar-refractivity contribution < 1.29 is 19.2 Å². The van der Waals surface area contributed by atoms with Crippen LogP contribution in [0.3, 0.4) is 0 Å². The van der Waals surface area contributed by atoms with Crippen LogP contribution in [-0.2, 0) is 0 Å². The lowest BCUT2D eigenvalue weighted by Gasteiger charge is -2.32. The summed E-state index contributed by atoms with van der Waals surface area (Å²) in [5.41, 5.74) is 1.88. The highest BCUT2D eigenvalue weighted by Crippen LogP contribution is 2.40. The molecule has 0 atom stereocenters. The van der Waals surface area contributed by atoms with E-state index in [2.05, 4.69) is 25.3 Å². The molecule has 0 aliphatic carbocycles. The maximum absolute atomic E-state index is 13.4. The number of hydrogen-bond donors (Lipinski definition) is 2. The molecule has 0 spiro atoms. The van der Waals surface area contributed by atoms with Gasteiger partial charge in [-0.25, -0.2) is 9.80 Å². The molecule has 0 saturated heterocycles. The van der Waals surface area contributed by atoms with Crippen LogP contribution in [0.25, 0.3) is 10.8 Å². The van der Waals surface area contributed by atoms with Crippen molar-refractivity contribution in [1.29, 1.82) is 0 Å². The van der Waals surface area contributed by atoms with Crippen LogP contribution in [-0.4, -0.2) is 23.6 Å². The molecule has 164 valence electrons. The van der Waals surface area contributed by atoms with Gasteiger partial charge < -0.3 is 0 Å². The zero-order valence-electron chi connectivity index (χ0n) is 17.4. The molecular formula is C26H14N2O4S2. The van der Waals surface area contributed by atoms with Crippen LogP contribution in [0.1, 0.15) is 41.4 Å². The van der Waals surface area contributed by atoms with Crippen molar-refractivity contribution in [3.63, 3.8) is 0 Å². The summed E-state index contributed by atoms with van der Waals surface area (Å²) < 4.78 is 0. The molecule has 0 N–H and O–H groups in total. The summed E-state index contributed by atoms with van der Waals surface area (Å²) in [7, 11) is 0. The fourth-order valence-electron chi connectivity index (χ4n) is 4.55. The number of carbonyl (C=O) groups is 4. The highest BCUT2D eigenvalue weighted by molar-refractivity contribution is 7.80. The number of anilines is 2. The first-order chi connectivity index (χ1) is 16.4. The Labute approximate surface area is 204 Å². The fourth-order valence-corrected chi connectivity index (χ4v) is 4.85. The van der Waals surface area contributed by atoms with Crippen molar-refractivity contribution in [1.82, 2.24) is 0 Å². The molecule has 34 heavy (non-hydrogen) atoms. The maximum Gasteiger partial charge on any atom is 0.265 e. The Kier molecular flexibility index (Phi) is 4.45. The molecule has 6 nitrogen and oxygen atoms in total. The number of imide groups is 2. The number of carbonyl (C=O) groups excluding carboxylic acids is 4. The second kappa shape index (κ2) is 7.31. The average molecular weight is 483 g/mol. The molecule has 0 bridgehead atoms. The Morgan fingerprint density at radius 1 is 0.412 bits per heavy atom. The Morgan fingerprint density at radius 2 is 0.676 bits per heavy atom. The summed E-state index contributed by atoms with van der Waals surface area (Å²) in [6.07, 6.45) is 0. The average Bonchev–Trinajstić information content (AvgIpc) is 2.83. The monoisotopic (exact) mass is 482 g/mol. The van der Waals surface area contributed by atoms with Crippen LogP contribution in [0.2, 0.25) is 0 Å². The van der Waals surface area contributed by atoms with Crippen LogP contribution in [0.4, 0.5) is 11.4 Å². The number of hydrogen-bond acceptors (Lipinski definition) is 6. The zero-order valence-corrected chi connectivity index (χ0v) is 19.1. The molecule has 0 unspecified atom stereocenters. The van der Waals surface area contributed by atoms with E-state index in [1.54, 1.807) is 72.8 Å². The van der Waals surface area contributed by atoms with Crippen LogP contribution in [0.5, 0.6) is 0 Å². The van der Waals surface area contributed by atoms with E-state index in [9.17, 15) is 19.2 Å². The minimum Gasteiger partial charge on any atom is -0.268 e. The van der Waals surface area contributed by atoms with E-state index in [-0.39, 0.29) is 22.3 Å². The summed E-state index contributed by atoms with van der Waals surface area (Å²) in [6, 6.07) is 19.5. The van der Waals surface area contributed by atoms with Crippen molar-refractivity contribution in [3.05, 3.63) is 95.1 Å². The standard InChI is InChI=1S/C26H14N2O4S2/c29-23-17-9-11-19-22-20(26(32)28(25(19)31)14-3-7-16(34)8-4-14)12-10-18(21(17)22)24(30)27(23)13-1-5-15(33)6-2-13/h1-12,33-34H. The van der Waals surface area contributed by atoms with Gasteiger partial charge in [0.2, 0.25) is 0 Å². The van der Waals surface area contributed by atoms with E-state index in [1.807, 2.05) is 0 Å². The van der Waals surface area contributed by atoms with Crippen molar-refractivity contribution in [2.24, 2.45) is 0 Å². The van der Waals surface area contributed by atoms with Crippen molar-refractivity contribution in [3.8, 4) is 0 Å². The Hall–Kier alpha value is -3.88. The SMILES string of the molecule is O=C1c2ccc3c4c(ccc(c24)C(=O)N1c1ccc(S)cc1)C(=O)N(c1ccc(S)cc1)C3=O. The molecule has 4 amide bonds. The zero-order chi connectivity index (χ0) is 23.7. The van der Waals surface area contributed by atoms with E-state index in [1.165, 1.54) is 0 Å². The lowest BCUT2D eigenvalue weighted by Crippen LogP contribution is -2.43. The second-order valence-corrected chi connectivity index (χ2v) is 9.03. The Morgan fingerprint density at radius 3 is 0.941 bits per heavy atom. The fraction of sp³-hybridized carbons (Fsp3) is 0. The smallest absolute Gasteiger partial charge is 0.265 e. The first kappa shape index (κ1) is 20.7. The first-order valence-corrected chi connectivity index (χ1v) is 11.2. The van der Waals surface area contributed by atoms with Gasteiger partial charge in [0.15, 0.2) is 0 Å². The quantitative estimate of drug-likeness (QED) is 0.311. The third-order valence-corrected chi connectivity index (χ3v) is 6.71. The maximum atomic E-state index is 13.4. The molecule has 2 aliphatic heterocycles. The van der Waals surface area contributed by atoms with Gasteiger partial charge in [0.1, 0.15) is 0 Å². The number of amides is 4. The Balaban J connectivity index is 1.55. The summed E-state index contributed by atoms with van der Waals surface area (Å²) >= 11 is 8.52.